The Morgan fingerprint density at radius 2 is 1.81 bits per heavy atom. The zero-order valence-corrected chi connectivity index (χ0v) is 14.2. The Hall–Kier alpha value is -2.87. The number of carbonyl (C=O) groups is 1. The molecular weight excluding hydrogens is 371 g/mol. The van der Waals surface area contributed by atoms with Crippen molar-refractivity contribution in [1.82, 2.24) is 14.8 Å². The van der Waals surface area contributed by atoms with Crippen LogP contribution in [0.3, 0.4) is 0 Å². The van der Waals surface area contributed by atoms with Gasteiger partial charge in [-0.05, 0) is 18.2 Å². The Kier molecular flexibility index (Phi) is 5.66. The van der Waals surface area contributed by atoms with Crippen LogP contribution in [0, 0.1) is 0 Å². The van der Waals surface area contributed by atoms with Gasteiger partial charge in [0.1, 0.15) is 0 Å². The molecule has 2 aromatic heterocycles. The number of nitrogens with zero attached hydrogens (tertiary/aromatic N) is 3. The lowest BCUT2D eigenvalue weighted by molar-refractivity contribution is -0.142. The first-order valence-corrected chi connectivity index (χ1v) is 7.17. The number of hydrogen-bond acceptors (Lipinski definition) is 4. The third kappa shape index (κ3) is 3.85. The summed E-state index contributed by atoms with van der Waals surface area (Å²) in [4.78, 5) is 15.3. The van der Waals surface area contributed by atoms with Crippen molar-refractivity contribution >= 4 is 18.4 Å². The summed E-state index contributed by atoms with van der Waals surface area (Å²) >= 11 is 0. The second-order valence-corrected chi connectivity index (χ2v) is 5.09. The topological polar surface area (TPSA) is 57.0 Å². The predicted molar refractivity (Wildman–Crippen MR) is 90.4 cm³/mol. The molecule has 0 spiro atoms. The Labute approximate surface area is 152 Å². The number of carbonyl (C=O) groups excluding carboxylic acids is 1. The van der Waals surface area contributed by atoms with Crippen LogP contribution in [0.15, 0.2) is 54.7 Å². The summed E-state index contributed by atoms with van der Waals surface area (Å²) in [6, 6.07) is 12.1. The number of methoxy groups -OCH3 is 1. The van der Waals surface area contributed by atoms with Gasteiger partial charge in [-0.2, -0.15) is 18.3 Å². The van der Waals surface area contributed by atoms with Crippen LogP contribution in [-0.2, 0) is 10.9 Å². The second kappa shape index (κ2) is 7.57. The van der Waals surface area contributed by atoms with E-state index in [2.05, 4.69) is 14.8 Å². The molecule has 0 aliphatic rings. The first-order chi connectivity index (χ1) is 11.9. The van der Waals surface area contributed by atoms with E-state index in [1.54, 1.807) is 30.3 Å². The van der Waals surface area contributed by atoms with Gasteiger partial charge in [-0.1, -0.05) is 30.3 Å². The average molecular weight is 384 g/mol. The van der Waals surface area contributed by atoms with Crippen LogP contribution in [0.25, 0.3) is 17.1 Å². The molecule has 9 heteroatoms. The van der Waals surface area contributed by atoms with Crippen LogP contribution in [-0.4, -0.2) is 27.8 Å². The standard InChI is InChI=1S/C17H12F3N3O2.ClH/c1-25-16(24)12-7-8-15(21-10-12)23-14(17(18,19)20)9-13(22-23)11-5-3-2-4-6-11;/h2-10H,1H3;1H. The van der Waals surface area contributed by atoms with Crippen LogP contribution in [0.5, 0.6) is 0 Å². The largest absolute Gasteiger partial charge is 0.465 e. The summed E-state index contributed by atoms with van der Waals surface area (Å²) in [5.41, 5.74) is -0.0929. The zero-order valence-electron chi connectivity index (χ0n) is 13.4. The van der Waals surface area contributed by atoms with Crippen molar-refractivity contribution in [2.24, 2.45) is 0 Å². The quantitative estimate of drug-likeness (QED) is 0.637. The lowest BCUT2D eigenvalue weighted by Gasteiger charge is -2.09. The highest BCUT2D eigenvalue weighted by molar-refractivity contribution is 5.88. The Morgan fingerprint density at radius 3 is 2.35 bits per heavy atom. The summed E-state index contributed by atoms with van der Waals surface area (Å²) in [7, 11) is 1.21. The Balaban J connectivity index is 0.00000243. The van der Waals surface area contributed by atoms with Gasteiger partial charge >= 0.3 is 12.1 Å². The van der Waals surface area contributed by atoms with E-state index in [-0.39, 0.29) is 29.5 Å². The number of pyridine rings is 1. The maximum Gasteiger partial charge on any atom is 0.433 e. The molecule has 0 atom stereocenters. The van der Waals surface area contributed by atoms with Crippen molar-refractivity contribution in [2.45, 2.75) is 6.18 Å². The molecule has 0 unspecified atom stereocenters. The van der Waals surface area contributed by atoms with E-state index >= 15 is 0 Å². The first kappa shape index (κ1) is 19.5. The maximum atomic E-state index is 13.4. The molecule has 0 bridgehead atoms. The van der Waals surface area contributed by atoms with E-state index in [0.29, 0.717) is 10.2 Å². The number of benzene rings is 1. The van der Waals surface area contributed by atoms with Crippen LogP contribution < -0.4 is 0 Å². The first-order valence-electron chi connectivity index (χ1n) is 7.17. The van der Waals surface area contributed by atoms with E-state index in [9.17, 15) is 18.0 Å². The number of esters is 1. The molecule has 0 aliphatic heterocycles. The summed E-state index contributed by atoms with van der Waals surface area (Å²) in [5, 5.41) is 4.03. The van der Waals surface area contributed by atoms with Crippen LogP contribution in [0.4, 0.5) is 13.2 Å². The average Bonchev–Trinajstić information content (AvgIpc) is 3.08. The number of rotatable bonds is 3. The number of halogens is 4. The summed E-state index contributed by atoms with van der Waals surface area (Å²) in [6.45, 7) is 0. The molecule has 0 saturated heterocycles. The van der Waals surface area contributed by atoms with Gasteiger partial charge in [-0.3, -0.25) is 0 Å². The summed E-state index contributed by atoms with van der Waals surface area (Å²) in [5.74, 6) is -0.678. The van der Waals surface area contributed by atoms with Crippen LogP contribution in [0.1, 0.15) is 16.1 Å². The highest BCUT2D eigenvalue weighted by Crippen LogP contribution is 2.33. The fourth-order valence-electron chi connectivity index (χ4n) is 2.26. The molecule has 0 amide bonds. The molecule has 0 saturated carbocycles. The monoisotopic (exact) mass is 383 g/mol. The molecule has 136 valence electrons. The van der Waals surface area contributed by atoms with Gasteiger partial charge in [-0.25, -0.2) is 14.5 Å². The Morgan fingerprint density at radius 1 is 1.12 bits per heavy atom. The van der Waals surface area contributed by atoms with Gasteiger partial charge in [0.05, 0.1) is 18.4 Å². The third-order valence-electron chi connectivity index (χ3n) is 3.46. The van der Waals surface area contributed by atoms with Crippen molar-refractivity contribution in [1.29, 1.82) is 0 Å². The van der Waals surface area contributed by atoms with Crippen LogP contribution in [0.2, 0.25) is 0 Å². The van der Waals surface area contributed by atoms with Crippen molar-refractivity contribution < 1.29 is 22.7 Å². The smallest absolute Gasteiger partial charge is 0.433 e. The maximum absolute atomic E-state index is 13.4. The molecular formula is C17H13ClF3N3O2. The van der Waals surface area contributed by atoms with Crippen molar-refractivity contribution in [2.75, 3.05) is 7.11 Å². The molecule has 0 N–H and O–H groups in total. The molecule has 5 nitrogen and oxygen atoms in total. The predicted octanol–water partition coefficient (Wildman–Crippen LogP) is 4.16. The molecule has 0 fully saturated rings. The second-order valence-electron chi connectivity index (χ2n) is 5.09. The minimum Gasteiger partial charge on any atom is -0.465 e. The van der Waals surface area contributed by atoms with E-state index in [1.165, 1.54) is 19.2 Å². The molecule has 26 heavy (non-hydrogen) atoms. The van der Waals surface area contributed by atoms with Crippen molar-refractivity contribution in [3.05, 3.63) is 66.0 Å². The molecule has 1 aromatic carbocycles. The van der Waals surface area contributed by atoms with Crippen molar-refractivity contribution in [3.8, 4) is 17.1 Å². The zero-order chi connectivity index (χ0) is 18.0. The molecule has 3 aromatic rings. The Bertz CT molecular complexity index is 894. The highest BCUT2D eigenvalue weighted by Gasteiger charge is 2.36. The number of ether oxygens (including phenoxy) is 1. The van der Waals surface area contributed by atoms with E-state index in [1.807, 2.05) is 0 Å². The minimum atomic E-state index is -4.61. The fourth-order valence-corrected chi connectivity index (χ4v) is 2.26. The normalized spacial score (nSPS) is 10.9. The fraction of sp³-hybridized carbons (Fsp3) is 0.118. The summed E-state index contributed by atoms with van der Waals surface area (Å²) < 4.78 is 45.3. The van der Waals surface area contributed by atoms with Gasteiger partial charge in [-0.15, -0.1) is 12.4 Å². The van der Waals surface area contributed by atoms with E-state index in [4.69, 9.17) is 0 Å². The lowest BCUT2D eigenvalue weighted by Crippen LogP contribution is -2.14. The molecule has 2 heterocycles. The van der Waals surface area contributed by atoms with E-state index < -0.39 is 17.8 Å². The minimum absolute atomic E-state index is 0. The van der Waals surface area contributed by atoms with Gasteiger partial charge in [0, 0.05) is 11.8 Å². The van der Waals surface area contributed by atoms with Crippen LogP contribution >= 0.6 is 12.4 Å². The van der Waals surface area contributed by atoms with Crippen molar-refractivity contribution in [3.63, 3.8) is 0 Å². The molecule has 3 rings (SSSR count). The summed E-state index contributed by atoms with van der Waals surface area (Å²) in [6.07, 6.45) is -3.46. The van der Waals surface area contributed by atoms with Gasteiger partial charge in [0.15, 0.2) is 11.5 Å². The third-order valence-corrected chi connectivity index (χ3v) is 3.46. The van der Waals surface area contributed by atoms with Gasteiger partial charge < -0.3 is 4.74 Å². The van der Waals surface area contributed by atoms with E-state index in [0.717, 1.165) is 12.3 Å². The SMILES string of the molecule is COC(=O)c1ccc(-n2nc(-c3ccccc3)cc2C(F)(F)F)nc1.Cl. The molecule has 0 aliphatic carbocycles. The number of alkyl halides is 3. The lowest BCUT2D eigenvalue weighted by atomic mass is 10.1. The molecule has 0 radical (unpaired) electrons. The van der Waals surface area contributed by atoms with Gasteiger partial charge in [0.2, 0.25) is 0 Å². The number of hydrogen-bond donors (Lipinski definition) is 0. The highest BCUT2D eigenvalue weighted by atomic mass is 35.5. The van der Waals surface area contributed by atoms with Gasteiger partial charge in [0.25, 0.3) is 0 Å². The number of aromatic nitrogens is 3.